The molecule has 0 aromatic heterocycles. The highest BCUT2D eigenvalue weighted by molar-refractivity contribution is 6.30. The van der Waals surface area contributed by atoms with Gasteiger partial charge in [-0.25, -0.2) is 0 Å². The lowest BCUT2D eigenvalue weighted by Gasteiger charge is -2.24. The molecule has 1 atom stereocenters. The second-order valence-electron chi connectivity index (χ2n) is 4.77. The van der Waals surface area contributed by atoms with Gasteiger partial charge in [0, 0.05) is 21.1 Å². The van der Waals surface area contributed by atoms with E-state index in [9.17, 15) is 10.1 Å². The molecule has 0 saturated carbocycles. The summed E-state index contributed by atoms with van der Waals surface area (Å²) in [4.78, 5) is 10.5. The lowest BCUT2D eigenvalue weighted by Crippen LogP contribution is -2.18. The van der Waals surface area contributed by atoms with Crippen molar-refractivity contribution in [3.05, 3.63) is 80.4 Å². The number of fused-ring (bicyclic) bond motifs is 1. The Morgan fingerprint density at radius 1 is 1.19 bits per heavy atom. The summed E-state index contributed by atoms with van der Waals surface area (Å²) in [6.45, 7) is -0.269. The topological polar surface area (TPSA) is 52.4 Å². The molecular formula is C16H12ClNO3. The van der Waals surface area contributed by atoms with Crippen molar-refractivity contribution >= 4 is 23.4 Å². The van der Waals surface area contributed by atoms with Crippen molar-refractivity contribution in [3.63, 3.8) is 0 Å². The second kappa shape index (κ2) is 5.58. The van der Waals surface area contributed by atoms with E-state index in [-0.39, 0.29) is 11.5 Å². The van der Waals surface area contributed by atoms with E-state index in [1.54, 1.807) is 12.1 Å². The number of ether oxygens (including phenoxy) is 1. The van der Waals surface area contributed by atoms with Crippen LogP contribution >= 0.6 is 11.6 Å². The van der Waals surface area contributed by atoms with Gasteiger partial charge in [0.2, 0.25) is 6.54 Å². The number of halogens is 1. The molecule has 5 heteroatoms. The molecule has 0 aliphatic carbocycles. The summed E-state index contributed by atoms with van der Waals surface area (Å²) in [5.41, 5.74) is 2.58. The van der Waals surface area contributed by atoms with E-state index in [1.165, 1.54) is 0 Å². The van der Waals surface area contributed by atoms with E-state index >= 15 is 0 Å². The molecule has 0 N–H and O–H groups in total. The van der Waals surface area contributed by atoms with E-state index in [4.69, 9.17) is 16.3 Å². The van der Waals surface area contributed by atoms with Gasteiger partial charge in [-0.1, -0.05) is 48.0 Å². The molecule has 106 valence electrons. The van der Waals surface area contributed by atoms with E-state index < -0.39 is 6.10 Å². The van der Waals surface area contributed by atoms with Crippen LogP contribution in [0.2, 0.25) is 5.02 Å². The number of nitrogens with zero attached hydrogens (tertiary/aromatic N) is 1. The SMILES string of the molecule is O=[N+]([O-])CC1OC(c2cccc(Cl)c2)=Cc2ccccc21. The Kier molecular flexibility index (Phi) is 3.62. The number of rotatable bonds is 3. The largest absolute Gasteiger partial charge is 0.478 e. The minimum absolute atomic E-state index is 0.269. The van der Waals surface area contributed by atoms with Crippen molar-refractivity contribution in [2.24, 2.45) is 0 Å². The maximum atomic E-state index is 10.9. The Labute approximate surface area is 126 Å². The molecule has 21 heavy (non-hydrogen) atoms. The molecule has 2 aromatic carbocycles. The van der Waals surface area contributed by atoms with Crippen LogP contribution in [0.1, 0.15) is 22.8 Å². The molecule has 0 spiro atoms. The van der Waals surface area contributed by atoms with Crippen molar-refractivity contribution < 1.29 is 9.66 Å². The predicted molar refractivity (Wildman–Crippen MR) is 81.5 cm³/mol. The Hall–Kier alpha value is -2.33. The zero-order valence-corrected chi connectivity index (χ0v) is 11.8. The fraction of sp³-hybridized carbons (Fsp3) is 0.125. The van der Waals surface area contributed by atoms with Gasteiger partial charge in [0.25, 0.3) is 0 Å². The quantitative estimate of drug-likeness (QED) is 0.631. The van der Waals surface area contributed by atoms with Crippen molar-refractivity contribution in [1.82, 2.24) is 0 Å². The predicted octanol–water partition coefficient (Wildman–Crippen LogP) is 4.19. The smallest absolute Gasteiger partial charge is 0.244 e. The highest BCUT2D eigenvalue weighted by Gasteiger charge is 2.27. The zero-order chi connectivity index (χ0) is 14.8. The molecule has 0 fully saturated rings. The van der Waals surface area contributed by atoms with E-state index in [0.717, 1.165) is 16.7 Å². The highest BCUT2D eigenvalue weighted by Crippen LogP contribution is 2.36. The first-order chi connectivity index (χ1) is 10.1. The number of hydrogen-bond acceptors (Lipinski definition) is 3. The van der Waals surface area contributed by atoms with Crippen molar-refractivity contribution in [2.45, 2.75) is 6.10 Å². The average Bonchev–Trinajstić information content (AvgIpc) is 2.46. The number of nitro groups is 1. The molecule has 0 bridgehead atoms. The van der Waals surface area contributed by atoms with Crippen LogP contribution in [0, 0.1) is 10.1 Å². The van der Waals surface area contributed by atoms with Crippen LogP contribution in [-0.2, 0) is 4.74 Å². The van der Waals surface area contributed by atoms with Crippen LogP contribution in [0.15, 0.2) is 48.5 Å². The summed E-state index contributed by atoms with van der Waals surface area (Å²) in [6, 6.07) is 14.8. The standard InChI is InChI=1S/C16H12ClNO3/c17-13-6-3-5-12(8-13)15-9-11-4-1-2-7-14(11)16(21-15)10-18(19)20/h1-9,16H,10H2. The summed E-state index contributed by atoms with van der Waals surface area (Å²) in [5.74, 6) is 0.600. The van der Waals surface area contributed by atoms with E-state index in [2.05, 4.69) is 0 Å². The molecule has 1 aliphatic rings. The summed E-state index contributed by atoms with van der Waals surface area (Å²) < 4.78 is 5.83. The molecule has 1 aliphatic heterocycles. The van der Waals surface area contributed by atoms with Gasteiger partial charge in [0.1, 0.15) is 5.76 Å². The van der Waals surface area contributed by atoms with Crippen molar-refractivity contribution in [1.29, 1.82) is 0 Å². The molecule has 0 radical (unpaired) electrons. The minimum atomic E-state index is -0.588. The maximum absolute atomic E-state index is 10.9. The Bertz CT molecular complexity index is 727. The van der Waals surface area contributed by atoms with Gasteiger partial charge in [-0.2, -0.15) is 0 Å². The fourth-order valence-electron chi connectivity index (χ4n) is 2.39. The van der Waals surface area contributed by atoms with Gasteiger partial charge in [-0.05, 0) is 23.8 Å². The molecule has 4 nitrogen and oxygen atoms in total. The molecule has 0 saturated heterocycles. The lowest BCUT2D eigenvalue weighted by molar-refractivity contribution is -0.491. The summed E-state index contributed by atoms with van der Waals surface area (Å²) >= 11 is 5.99. The minimum Gasteiger partial charge on any atom is -0.478 e. The summed E-state index contributed by atoms with van der Waals surface area (Å²) in [6.07, 6.45) is 1.30. The number of benzene rings is 2. The second-order valence-corrected chi connectivity index (χ2v) is 5.21. The number of hydrogen-bond donors (Lipinski definition) is 0. The lowest BCUT2D eigenvalue weighted by atomic mass is 9.97. The van der Waals surface area contributed by atoms with Crippen LogP contribution in [0.3, 0.4) is 0 Å². The summed E-state index contributed by atoms with van der Waals surface area (Å²) in [7, 11) is 0. The molecule has 3 rings (SSSR count). The van der Waals surface area contributed by atoms with Crippen molar-refractivity contribution in [2.75, 3.05) is 6.54 Å². The molecule has 0 amide bonds. The molecule has 2 aromatic rings. The highest BCUT2D eigenvalue weighted by atomic mass is 35.5. The first-order valence-electron chi connectivity index (χ1n) is 6.48. The van der Waals surface area contributed by atoms with Crippen LogP contribution in [0.4, 0.5) is 0 Å². The van der Waals surface area contributed by atoms with Crippen molar-refractivity contribution in [3.8, 4) is 0 Å². The first kappa shape index (κ1) is 13.6. The van der Waals surface area contributed by atoms with Crippen LogP contribution in [-0.4, -0.2) is 11.5 Å². The van der Waals surface area contributed by atoms with E-state index in [0.29, 0.717) is 10.8 Å². The molecule has 1 heterocycles. The zero-order valence-electron chi connectivity index (χ0n) is 11.0. The Balaban J connectivity index is 2.04. The van der Waals surface area contributed by atoms with Crippen LogP contribution in [0.25, 0.3) is 11.8 Å². The van der Waals surface area contributed by atoms with E-state index in [1.807, 2.05) is 42.5 Å². The third-order valence-corrected chi connectivity index (χ3v) is 3.56. The van der Waals surface area contributed by atoms with Gasteiger partial charge in [0.05, 0.1) is 0 Å². The normalized spacial score (nSPS) is 16.6. The third-order valence-electron chi connectivity index (χ3n) is 3.32. The maximum Gasteiger partial charge on any atom is 0.244 e. The van der Waals surface area contributed by atoms with Gasteiger partial charge < -0.3 is 4.74 Å². The third kappa shape index (κ3) is 2.90. The van der Waals surface area contributed by atoms with Gasteiger partial charge in [0.15, 0.2) is 6.10 Å². The summed E-state index contributed by atoms with van der Waals surface area (Å²) in [5, 5.41) is 11.5. The average molecular weight is 302 g/mol. The first-order valence-corrected chi connectivity index (χ1v) is 6.86. The van der Waals surface area contributed by atoms with Gasteiger partial charge in [-0.15, -0.1) is 0 Å². The van der Waals surface area contributed by atoms with Gasteiger partial charge >= 0.3 is 0 Å². The molecule has 1 unspecified atom stereocenters. The van der Waals surface area contributed by atoms with Gasteiger partial charge in [-0.3, -0.25) is 10.1 Å². The van der Waals surface area contributed by atoms with Crippen LogP contribution < -0.4 is 0 Å². The Morgan fingerprint density at radius 2 is 2.00 bits per heavy atom. The Morgan fingerprint density at radius 3 is 2.76 bits per heavy atom. The van der Waals surface area contributed by atoms with Crippen LogP contribution in [0.5, 0.6) is 0 Å². The molecular weight excluding hydrogens is 290 g/mol. The monoisotopic (exact) mass is 301 g/mol. The fourth-order valence-corrected chi connectivity index (χ4v) is 2.58.